The maximum atomic E-state index is 12.5. The molecule has 0 saturated carbocycles. The number of benzene rings is 1. The quantitative estimate of drug-likeness (QED) is 0.897. The minimum absolute atomic E-state index is 0.0758. The van der Waals surface area contributed by atoms with Crippen molar-refractivity contribution in [2.24, 2.45) is 0 Å². The van der Waals surface area contributed by atoms with Crippen LogP contribution in [-0.2, 0) is 4.79 Å². The molecular formula is C20H24N4O3. The van der Waals surface area contributed by atoms with Crippen LogP contribution < -0.4 is 10.1 Å². The van der Waals surface area contributed by atoms with Crippen LogP contribution >= 0.6 is 0 Å². The summed E-state index contributed by atoms with van der Waals surface area (Å²) in [6.45, 7) is 4.81. The standard InChI is InChI=1S/C20H24N4O3/c1-13-18(20(26)23-16-6-8-17(27-3)9-7-16)11-21-19(22-13)15-5-4-10-24(12-15)14(2)25/h6-9,11,15H,4-5,10,12H2,1-3H3,(H,23,26). The van der Waals surface area contributed by atoms with E-state index in [1.807, 2.05) is 4.90 Å². The zero-order valence-corrected chi connectivity index (χ0v) is 15.9. The summed E-state index contributed by atoms with van der Waals surface area (Å²) in [5, 5.41) is 2.84. The molecule has 0 radical (unpaired) electrons. The number of carbonyl (C=O) groups is 2. The zero-order chi connectivity index (χ0) is 19.4. The Morgan fingerprint density at radius 1 is 1.26 bits per heavy atom. The Hall–Kier alpha value is -2.96. The number of aromatic nitrogens is 2. The van der Waals surface area contributed by atoms with Crippen LogP contribution in [0.4, 0.5) is 5.69 Å². The second-order valence-electron chi connectivity index (χ2n) is 6.71. The summed E-state index contributed by atoms with van der Waals surface area (Å²) >= 11 is 0. The first-order chi connectivity index (χ1) is 13.0. The molecule has 1 aromatic heterocycles. The number of anilines is 1. The molecule has 2 aromatic rings. The van der Waals surface area contributed by atoms with Gasteiger partial charge < -0.3 is 15.0 Å². The molecule has 2 heterocycles. The van der Waals surface area contributed by atoms with Gasteiger partial charge in [-0.05, 0) is 44.0 Å². The maximum Gasteiger partial charge on any atom is 0.259 e. The average molecular weight is 368 g/mol. The number of piperidine rings is 1. The molecule has 2 amide bonds. The summed E-state index contributed by atoms with van der Waals surface area (Å²) in [6, 6.07) is 7.12. The molecule has 1 atom stereocenters. The number of likely N-dealkylation sites (tertiary alicyclic amines) is 1. The van der Waals surface area contributed by atoms with Crippen molar-refractivity contribution in [3.05, 3.63) is 47.5 Å². The topological polar surface area (TPSA) is 84.4 Å². The largest absolute Gasteiger partial charge is 0.497 e. The molecule has 0 aliphatic carbocycles. The second kappa shape index (κ2) is 8.16. The predicted octanol–water partition coefficient (Wildman–Crippen LogP) is 2.77. The molecule has 7 nitrogen and oxygen atoms in total. The van der Waals surface area contributed by atoms with Gasteiger partial charge in [0, 0.05) is 37.8 Å². The SMILES string of the molecule is COc1ccc(NC(=O)c2cnc(C3CCCN(C(C)=O)C3)nc2C)cc1. The van der Waals surface area contributed by atoms with E-state index in [0.717, 1.165) is 25.1 Å². The smallest absolute Gasteiger partial charge is 0.259 e. The Labute approximate surface area is 158 Å². The van der Waals surface area contributed by atoms with E-state index in [1.54, 1.807) is 51.4 Å². The molecule has 3 rings (SSSR count). The first-order valence-electron chi connectivity index (χ1n) is 9.02. The van der Waals surface area contributed by atoms with Crippen LogP contribution in [0.2, 0.25) is 0 Å². The lowest BCUT2D eigenvalue weighted by atomic mass is 9.97. The lowest BCUT2D eigenvalue weighted by Crippen LogP contribution is -2.38. The van der Waals surface area contributed by atoms with Crippen molar-refractivity contribution in [3.63, 3.8) is 0 Å². The van der Waals surface area contributed by atoms with Crippen LogP contribution in [0, 0.1) is 6.92 Å². The van der Waals surface area contributed by atoms with Crippen LogP contribution in [-0.4, -0.2) is 46.9 Å². The van der Waals surface area contributed by atoms with Gasteiger partial charge in [0.25, 0.3) is 5.91 Å². The van der Waals surface area contributed by atoms with Crippen molar-refractivity contribution < 1.29 is 14.3 Å². The van der Waals surface area contributed by atoms with Crippen molar-refractivity contribution in [2.75, 3.05) is 25.5 Å². The number of hydrogen-bond acceptors (Lipinski definition) is 5. The number of nitrogens with zero attached hydrogens (tertiary/aromatic N) is 3. The summed E-state index contributed by atoms with van der Waals surface area (Å²) in [7, 11) is 1.60. The van der Waals surface area contributed by atoms with Gasteiger partial charge in [-0.15, -0.1) is 0 Å². The Balaban J connectivity index is 1.71. The van der Waals surface area contributed by atoms with Gasteiger partial charge in [-0.3, -0.25) is 9.59 Å². The summed E-state index contributed by atoms with van der Waals surface area (Å²) in [5.41, 5.74) is 1.74. The molecule has 1 N–H and O–H groups in total. The van der Waals surface area contributed by atoms with Crippen LogP contribution in [0.1, 0.15) is 47.6 Å². The minimum Gasteiger partial charge on any atom is -0.497 e. The van der Waals surface area contributed by atoms with E-state index < -0.39 is 0 Å². The molecule has 0 bridgehead atoms. The Bertz CT molecular complexity index is 836. The van der Waals surface area contributed by atoms with E-state index in [4.69, 9.17) is 4.74 Å². The zero-order valence-electron chi connectivity index (χ0n) is 15.9. The molecule has 27 heavy (non-hydrogen) atoms. The Kier molecular flexibility index (Phi) is 5.69. The highest BCUT2D eigenvalue weighted by atomic mass is 16.5. The number of hydrogen-bond donors (Lipinski definition) is 1. The molecular weight excluding hydrogens is 344 g/mol. The van der Waals surface area contributed by atoms with Gasteiger partial charge in [-0.1, -0.05) is 0 Å². The molecule has 1 fully saturated rings. The van der Waals surface area contributed by atoms with E-state index in [2.05, 4.69) is 15.3 Å². The fourth-order valence-corrected chi connectivity index (χ4v) is 3.25. The van der Waals surface area contributed by atoms with Crippen LogP contribution in [0.15, 0.2) is 30.5 Å². The number of amides is 2. The number of aryl methyl sites for hydroxylation is 1. The van der Waals surface area contributed by atoms with E-state index in [9.17, 15) is 9.59 Å². The molecule has 1 unspecified atom stereocenters. The van der Waals surface area contributed by atoms with Crippen molar-refractivity contribution in [2.45, 2.75) is 32.6 Å². The van der Waals surface area contributed by atoms with Crippen molar-refractivity contribution in [1.29, 1.82) is 0 Å². The van der Waals surface area contributed by atoms with Gasteiger partial charge in [-0.2, -0.15) is 0 Å². The van der Waals surface area contributed by atoms with Gasteiger partial charge in [0.05, 0.1) is 18.4 Å². The number of nitrogens with one attached hydrogen (secondary N) is 1. The van der Waals surface area contributed by atoms with Gasteiger partial charge in [0.2, 0.25) is 5.91 Å². The Morgan fingerprint density at radius 2 is 2.00 bits per heavy atom. The summed E-state index contributed by atoms with van der Waals surface area (Å²) in [6.07, 6.45) is 3.45. The van der Waals surface area contributed by atoms with Crippen molar-refractivity contribution >= 4 is 17.5 Å². The highest BCUT2D eigenvalue weighted by Crippen LogP contribution is 2.25. The fraction of sp³-hybridized carbons (Fsp3) is 0.400. The summed E-state index contributed by atoms with van der Waals surface area (Å²) < 4.78 is 5.11. The molecule has 1 saturated heterocycles. The number of methoxy groups -OCH3 is 1. The number of ether oxygens (including phenoxy) is 1. The van der Waals surface area contributed by atoms with Crippen LogP contribution in [0.5, 0.6) is 5.75 Å². The highest BCUT2D eigenvalue weighted by molar-refractivity contribution is 6.04. The number of carbonyl (C=O) groups excluding carboxylic acids is 2. The van der Waals surface area contributed by atoms with Gasteiger partial charge >= 0.3 is 0 Å². The van der Waals surface area contributed by atoms with E-state index >= 15 is 0 Å². The highest BCUT2D eigenvalue weighted by Gasteiger charge is 2.25. The second-order valence-corrected chi connectivity index (χ2v) is 6.71. The molecule has 142 valence electrons. The van der Waals surface area contributed by atoms with E-state index in [-0.39, 0.29) is 17.7 Å². The normalized spacial score (nSPS) is 16.7. The molecule has 1 aliphatic rings. The van der Waals surface area contributed by atoms with Crippen LogP contribution in [0.3, 0.4) is 0 Å². The van der Waals surface area contributed by atoms with E-state index in [1.165, 1.54) is 0 Å². The molecule has 1 aliphatic heterocycles. The lowest BCUT2D eigenvalue weighted by Gasteiger charge is -2.31. The third-order valence-corrected chi connectivity index (χ3v) is 4.82. The molecule has 7 heteroatoms. The third kappa shape index (κ3) is 4.42. The summed E-state index contributed by atoms with van der Waals surface area (Å²) in [5.74, 6) is 1.36. The monoisotopic (exact) mass is 368 g/mol. The maximum absolute atomic E-state index is 12.5. The Morgan fingerprint density at radius 3 is 2.63 bits per heavy atom. The molecule has 1 aromatic carbocycles. The van der Waals surface area contributed by atoms with E-state index in [0.29, 0.717) is 29.3 Å². The van der Waals surface area contributed by atoms with Crippen molar-refractivity contribution in [1.82, 2.24) is 14.9 Å². The lowest BCUT2D eigenvalue weighted by molar-refractivity contribution is -0.130. The van der Waals surface area contributed by atoms with Crippen LogP contribution in [0.25, 0.3) is 0 Å². The first kappa shape index (κ1) is 18.8. The third-order valence-electron chi connectivity index (χ3n) is 4.82. The molecule has 0 spiro atoms. The minimum atomic E-state index is -0.252. The average Bonchev–Trinajstić information content (AvgIpc) is 2.68. The van der Waals surface area contributed by atoms with Gasteiger partial charge in [-0.25, -0.2) is 9.97 Å². The predicted molar refractivity (Wildman–Crippen MR) is 102 cm³/mol. The van der Waals surface area contributed by atoms with Gasteiger partial charge in [0.1, 0.15) is 11.6 Å². The van der Waals surface area contributed by atoms with Crippen molar-refractivity contribution in [3.8, 4) is 5.75 Å². The summed E-state index contributed by atoms with van der Waals surface area (Å²) in [4.78, 5) is 35.0. The van der Waals surface area contributed by atoms with Gasteiger partial charge in [0.15, 0.2) is 0 Å². The fourth-order valence-electron chi connectivity index (χ4n) is 3.25. The first-order valence-corrected chi connectivity index (χ1v) is 9.02. The number of rotatable bonds is 4.